The van der Waals surface area contributed by atoms with Crippen molar-refractivity contribution in [3.8, 4) is 17.2 Å². The second-order valence-electron chi connectivity index (χ2n) is 7.87. The van der Waals surface area contributed by atoms with Gasteiger partial charge in [0.1, 0.15) is 33.5 Å². The molecule has 0 aromatic heterocycles. The molecule has 0 aliphatic rings. The summed E-state index contributed by atoms with van der Waals surface area (Å²) in [6.07, 6.45) is 0.693. The molecule has 35 heavy (non-hydrogen) atoms. The van der Waals surface area contributed by atoms with E-state index in [2.05, 4.69) is 0 Å². The van der Waals surface area contributed by atoms with Crippen LogP contribution in [0.15, 0.2) is 71.6 Å². The Morgan fingerprint density at radius 3 is 2.14 bits per heavy atom. The summed E-state index contributed by atoms with van der Waals surface area (Å²) in [6, 6.07) is 15.9. The van der Waals surface area contributed by atoms with Crippen molar-refractivity contribution in [2.24, 2.45) is 0 Å². The first kappa shape index (κ1) is 26.0. The lowest BCUT2D eigenvalue weighted by Gasteiger charge is -2.30. The second kappa shape index (κ2) is 11.2. The number of benzene rings is 3. The Balaban J connectivity index is 1.90. The third-order valence-electron chi connectivity index (χ3n) is 5.59. The van der Waals surface area contributed by atoms with Gasteiger partial charge in [-0.05, 0) is 67.4 Å². The molecular weight excluding hydrogens is 473 g/mol. The van der Waals surface area contributed by atoms with Crippen LogP contribution in [0.25, 0.3) is 0 Å². The SMILES string of the molecule is CCC(C)N(Cc1cccc(OS(=O)(=O)c2ccc(F)cc2)c1)C(=O)c1c(OC)cccc1OC. The summed E-state index contributed by atoms with van der Waals surface area (Å²) in [5.74, 6) is 0.0415. The van der Waals surface area contributed by atoms with Gasteiger partial charge in [-0.2, -0.15) is 8.42 Å². The van der Waals surface area contributed by atoms with Crippen LogP contribution in [0.1, 0.15) is 36.2 Å². The number of carbonyl (C=O) groups excluding carboxylic acids is 1. The Labute approximate surface area is 205 Å². The van der Waals surface area contributed by atoms with E-state index in [1.54, 1.807) is 41.3 Å². The number of amides is 1. The molecule has 1 amide bonds. The van der Waals surface area contributed by atoms with Crippen molar-refractivity contribution in [3.63, 3.8) is 0 Å². The third-order valence-corrected chi connectivity index (χ3v) is 6.85. The number of rotatable bonds is 10. The summed E-state index contributed by atoms with van der Waals surface area (Å²) < 4.78 is 54.4. The molecule has 7 nitrogen and oxygen atoms in total. The van der Waals surface area contributed by atoms with Gasteiger partial charge in [-0.1, -0.05) is 25.1 Å². The van der Waals surface area contributed by atoms with Crippen molar-refractivity contribution in [2.45, 2.75) is 37.8 Å². The Morgan fingerprint density at radius 1 is 0.971 bits per heavy atom. The van der Waals surface area contributed by atoms with Gasteiger partial charge in [-0.15, -0.1) is 0 Å². The summed E-state index contributed by atoms with van der Waals surface area (Å²) in [5.41, 5.74) is 0.975. The van der Waals surface area contributed by atoms with Crippen LogP contribution in [-0.2, 0) is 16.7 Å². The minimum Gasteiger partial charge on any atom is -0.496 e. The van der Waals surface area contributed by atoms with Crippen LogP contribution >= 0.6 is 0 Å². The summed E-state index contributed by atoms with van der Waals surface area (Å²) in [5, 5.41) is 0. The van der Waals surface area contributed by atoms with Gasteiger partial charge in [0.15, 0.2) is 0 Å². The van der Waals surface area contributed by atoms with Gasteiger partial charge in [-0.25, -0.2) is 4.39 Å². The van der Waals surface area contributed by atoms with E-state index in [0.717, 1.165) is 24.3 Å². The highest BCUT2D eigenvalue weighted by Gasteiger charge is 2.27. The summed E-state index contributed by atoms with van der Waals surface area (Å²) in [7, 11) is -1.18. The average molecular weight is 502 g/mol. The average Bonchev–Trinajstić information content (AvgIpc) is 2.86. The Morgan fingerprint density at radius 2 is 1.57 bits per heavy atom. The zero-order valence-electron chi connectivity index (χ0n) is 20.0. The number of methoxy groups -OCH3 is 2. The van der Waals surface area contributed by atoms with Gasteiger partial charge in [0.2, 0.25) is 0 Å². The van der Waals surface area contributed by atoms with Crippen LogP contribution < -0.4 is 13.7 Å². The molecule has 0 spiro atoms. The van der Waals surface area contributed by atoms with Gasteiger partial charge in [0.05, 0.1) is 14.2 Å². The summed E-state index contributed by atoms with van der Waals surface area (Å²) >= 11 is 0. The molecule has 0 N–H and O–H groups in total. The number of hydrogen-bond acceptors (Lipinski definition) is 6. The molecule has 3 rings (SSSR count). The largest absolute Gasteiger partial charge is 0.496 e. The maximum atomic E-state index is 13.6. The smallest absolute Gasteiger partial charge is 0.339 e. The number of hydrogen-bond donors (Lipinski definition) is 0. The number of carbonyl (C=O) groups is 1. The lowest BCUT2D eigenvalue weighted by Crippen LogP contribution is -2.38. The third kappa shape index (κ3) is 6.10. The molecule has 0 saturated carbocycles. The van der Waals surface area contributed by atoms with Crippen LogP contribution in [0.5, 0.6) is 17.2 Å². The highest BCUT2D eigenvalue weighted by molar-refractivity contribution is 7.87. The molecule has 0 fully saturated rings. The van der Waals surface area contributed by atoms with Gasteiger partial charge < -0.3 is 18.6 Å². The normalized spacial score (nSPS) is 12.0. The van der Waals surface area contributed by atoms with Crippen molar-refractivity contribution in [3.05, 3.63) is 83.7 Å². The van der Waals surface area contributed by atoms with E-state index >= 15 is 0 Å². The van der Waals surface area contributed by atoms with E-state index in [4.69, 9.17) is 13.7 Å². The van der Waals surface area contributed by atoms with Crippen molar-refractivity contribution in [1.29, 1.82) is 0 Å². The summed E-state index contributed by atoms with van der Waals surface area (Å²) in [4.78, 5) is 15.2. The van der Waals surface area contributed by atoms with Crippen molar-refractivity contribution >= 4 is 16.0 Å². The molecule has 186 valence electrons. The van der Waals surface area contributed by atoms with Crippen LogP contribution in [0.4, 0.5) is 4.39 Å². The maximum Gasteiger partial charge on any atom is 0.339 e. The van der Waals surface area contributed by atoms with E-state index in [0.29, 0.717) is 29.0 Å². The molecule has 0 bridgehead atoms. The maximum absolute atomic E-state index is 13.6. The van der Waals surface area contributed by atoms with Crippen LogP contribution in [0, 0.1) is 5.82 Å². The second-order valence-corrected chi connectivity index (χ2v) is 9.41. The number of ether oxygens (including phenoxy) is 2. The minimum atomic E-state index is -4.15. The fourth-order valence-corrected chi connectivity index (χ4v) is 4.44. The molecule has 3 aromatic rings. The topological polar surface area (TPSA) is 82.1 Å². The quantitative estimate of drug-likeness (QED) is 0.362. The lowest BCUT2D eigenvalue weighted by molar-refractivity contribution is 0.0664. The molecular formula is C26H28FNO6S. The fraction of sp³-hybridized carbons (Fsp3) is 0.269. The first-order valence-corrected chi connectivity index (χ1v) is 12.4. The van der Waals surface area contributed by atoms with Crippen LogP contribution in [0.3, 0.4) is 0 Å². The van der Waals surface area contributed by atoms with E-state index in [1.165, 1.54) is 20.3 Å². The molecule has 0 heterocycles. The van der Waals surface area contributed by atoms with Gasteiger partial charge >= 0.3 is 10.1 Å². The Hall–Kier alpha value is -3.59. The fourth-order valence-electron chi connectivity index (χ4n) is 3.52. The highest BCUT2D eigenvalue weighted by atomic mass is 32.2. The Kier molecular flexibility index (Phi) is 8.34. The number of halogens is 1. The monoisotopic (exact) mass is 501 g/mol. The van der Waals surface area contributed by atoms with Gasteiger partial charge in [0.25, 0.3) is 5.91 Å². The lowest BCUT2D eigenvalue weighted by atomic mass is 10.1. The van der Waals surface area contributed by atoms with Crippen LogP contribution in [0.2, 0.25) is 0 Å². The predicted octanol–water partition coefficient (Wildman–Crippen LogP) is 5.05. The number of nitrogens with zero attached hydrogens (tertiary/aromatic N) is 1. The van der Waals surface area contributed by atoms with Crippen LogP contribution in [-0.4, -0.2) is 39.5 Å². The van der Waals surface area contributed by atoms with E-state index in [1.807, 2.05) is 13.8 Å². The molecule has 0 radical (unpaired) electrons. The first-order valence-electron chi connectivity index (χ1n) is 11.0. The van der Waals surface area contributed by atoms with Crippen molar-refractivity contribution in [2.75, 3.05) is 14.2 Å². The Bertz CT molecular complexity index is 1260. The molecule has 9 heteroatoms. The first-order chi connectivity index (χ1) is 16.7. The molecule has 1 unspecified atom stereocenters. The van der Waals surface area contributed by atoms with Crippen molar-refractivity contribution in [1.82, 2.24) is 4.90 Å². The molecule has 0 aliphatic carbocycles. The molecule has 0 saturated heterocycles. The zero-order valence-corrected chi connectivity index (χ0v) is 20.8. The van der Waals surface area contributed by atoms with Gasteiger partial charge in [0, 0.05) is 12.6 Å². The van der Waals surface area contributed by atoms with E-state index < -0.39 is 15.9 Å². The highest BCUT2D eigenvalue weighted by Crippen LogP contribution is 2.31. The molecule has 3 aromatic carbocycles. The predicted molar refractivity (Wildman–Crippen MR) is 130 cm³/mol. The van der Waals surface area contributed by atoms with Gasteiger partial charge in [-0.3, -0.25) is 4.79 Å². The van der Waals surface area contributed by atoms with E-state index in [-0.39, 0.29) is 29.1 Å². The standard InChI is InChI=1S/C26H28FNO6S/c1-5-18(2)28(26(29)25-23(32-3)10-7-11-24(25)33-4)17-19-8-6-9-21(16-19)34-35(30,31)22-14-12-20(27)13-15-22/h6-16,18H,5,17H2,1-4H3. The van der Waals surface area contributed by atoms with Crippen molar-refractivity contribution < 1.29 is 31.3 Å². The molecule has 0 aliphatic heterocycles. The minimum absolute atomic E-state index is 0.0817. The summed E-state index contributed by atoms with van der Waals surface area (Å²) in [6.45, 7) is 4.10. The zero-order chi connectivity index (χ0) is 25.6. The molecule has 1 atom stereocenters. The van der Waals surface area contributed by atoms with E-state index in [9.17, 15) is 17.6 Å².